The molecule has 0 spiro atoms. The highest BCUT2D eigenvalue weighted by Crippen LogP contribution is 2.16. The number of fused-ring (bicyclic) bond motifs is 1. The van der Waals surface area contributed by atoms with Crippen molar-refractivity contribution in [1.29, 1.82) is 0 Å². The lowest BCUT2D eigenvalue weighted by atomic mass is 10.2. The lowest BCUT2D eigenvalue weighted by molar-refractivity contribution is -0.119. The summed E-state index contributed by atoms with van der Waals surface area (Å²) in [6, 6.07) is 8.36. The summed E-state index contributed by atoms with van der Waals surface area (Å²) in [6.07, 6.45) is 1.70. The van der Waals surface area contributed by atoms with Crippen molar-refractivity contribution in [3.8, 4) is 0 Å². The number of anilines is 1. The summed E-state index contributed by atoms with van der Waals surface area (Å²) in [5.74, 6) is -0.540. The van der Waals surface area contributed by atoms with Gasteiger partial charge in [0.1, 0.15) is 5.38 Å². The number of benzene rings is 1. The first-order chi connectivity index (χ1) is 9.06. The number of hydrogen-bond donors (Lipinski definition) is 2. The van der Waals surface area contributed by atoms with E-state index in [2.05, 4.69) is 15.6 Å². The number of nitrogens with zero attached hydrogens (tertiary/aromatic N) is 1. The highest BCUT2D eigenvalue weighted by Gasteiger charge is 2.12. The number of nitrogens with one attached hydrogen (secondary N) is 2. The first kappa shape index (κ1) is 13.3. The third kappa shape index (κ3) is 3.42. The smallest absolute Gasteiger partial charge is 0.308 e. The van der Waals surface area contributed by atoms with Crippen molar-refractivity contribution in [3.63, 3.8) is 0 Å². The molecule has 1 heterocycles. The zero-order valence-corrected chi connectivity index (χ0v) is 10.9. The Labute approximate surface area is 115 Å². The summed E-state index contributed by atoms with van der Waals surface area (Å²) >= 11 is 5.55. The second-order valence-electron chi connectivity index (χ2n) is 3.97. The maximum absolute atomic E-state index is 11.5. The van der Waals surface area contributed by atoms with Crippen molar-refractivity contribution in [2.45, 2.75) is 12.3 Å². The molecule has 19 heavy (non-hydrogen) atoms. The summed E-state index contributed by atoms with van der Waals surface area (Å²) in [5, 5.41) is 4.84. The number of halogens is 1. The average molecular weight is 278 g/mol. The van der Waals surface area contributed by atoms with E-state index in [1.54, 1.807) is 24.4 Å². The van der Waals surface area contributed by atoms with Gasteiger partial charge in [-0.15, -0.1) is 11.6 Å². The minimum atomic E-state index is -0.758. The number of alkyl halides is 1. The Morgan fingerprint density at radius 2 is 2.11 bits per heavy atom. The molecule has 0 fully saturated rings. The van der Waals surface area contributed by atoms with Crippen molar-refractivity contribution in [1.82, 2.24) is 10.3 Å². The van der Waals surface area contributed by atoms with E-state index in [0.29, 0.717) is 5.69 Å². The van der Waals surface area contributed by atoms with Gasteiger partial charge in [0.25, 0.3) is 0 Å². The molecule has 2 rings (SSSR count). The van der Waals surface area contributed by atoms with Crippen LogP contribution in [0.25, 0.3) is 10.9 Å². The number of hydrogen-bond acceptors (Lipinski definition) is 3. The molecule has 0 aliphatic carbocycles. The van der Waals surface area contributed by atoms with Crippen LogP contribution in [0.5, 0.6) is 0 Å². The first-order valence-corrected chi connectivity index (χ1v) is 6.10. The van der Waals surface area contributed by atoms with Gasteiger partial charge in [-0.2, -0.15) is 0 Å². The van der Waals surface area contributed by atoms with E-state index in [1.807, 2.05) is 12.1 Å². The molecule has 1 atom stereocenters. The van der Waals surface area contributed by atoms with Crippen LogP contribution in [-0.4, -0.2) is 22.3 Å². The Morgan fingerprint density at radius 3 is 2.84 bits per heavy atom. The fraction of sp³-hybridized carbons (Fsp3) is 0.154. The molecular weight excluding hydrogens is 266 g/mol. The van der Waals surface area contributed by atoms with Crippen LogP contribution in [0.2, 0.25) is 0 Å². The van der Waals surface area contributed by atoms with Crippen LogP contribution < -0.4 is 10.6 Å². The number of carbonyl (C=O) groups is 2. The lowest BCUT2D eigenvalue weighted by Gasteiger charge is -2.08. The third-order valence-corrected chi connectivity index (χ3v) is 2.66. The van der Waals surface area contributed by atoms with E-state index in [4.69, 9.17) is 11.6 Å². The maximum atomic E-state index is 11.5. The quantitative estimate of drug-likeness (QED) is 0.829. The summed E-state index contributed by atoms with van der Waals surface area (Å²) in [5.41, 5.74) is 1.41. The Balaban J connectivity index is 2.09. The molecule has 98 valence electrons. The summed E-state index contributed by atoms with van der Waals surface area (Å²) in [4.78, 5) is 27.0. The average Bonchev–Trinajstić information content (AvgIpc) is 2.38. The zero-order valence-electron chi connectivity index (χ0n) is 10.2. The topological polar surface area (TPSA) is 71.1 Å². The Kier molecular flexibility index (Phi) is 3.97. The Bertz CT molecular complexity index is 628. The molecule has 1 aromatic heterocycles. The molecule has 1 unspecified atom stereocenters. The molecule has 0 saturated heterocycles. The van der Waals surface area contributed by atoms with Gasteiger partial charge in [-0.1, -0.05) is 6.07 Å². The highest BCUT2D eigenvalue weighted by molar-refractivity contribution is 6.31. The van der Waals surface area contributed by atoms with Crippen LogP contribution in [0.4, 0.5) is 10.5 Å². The van der Waals surface area contributed by atoms with Crippen LogP contribution in [0.1, 0.15) is 6.92 Å². The number of urea groups is 1. The first-order valence-electron chi connectivity index (χ1n) is 5.67. The SMILES string of the molecule is CC(Cl)C(=O)NC(=O)Nc1ccc2ncccc2c1. The number of pyridine rings is 1. The van der Waals surface area contributed by atoms with Crippen LogP contribution >= 0.6 is 11.6 Å². The second kappa shape index (κ2) is 5.67. The van der Waals surface area contributed by atoms with Gasteiger partial charge in [-0.3, -0.25) is 15.1 Å². The molecule has 1 aromatic carbocycles. The monoisotopic (exact) mass is 277 g/mol. The van der Waals surface area contributed by atoms with Gasteiger partial charge in [-0.05, 0) is 31.2 Å². The predicted molar refractivity (Wildman–Crippen MR) is 74.2 cm³/mol. The number of carbonyl (C=O) groups excluding carboxylic acids is 2. The zero-order chi connectivity index (χ0) is 13.8. The van der Waals surface area contributed by atoms with Gasteiger partial charge in [0, 0.05) is 17.3 Å². The molecule has 0 bridgehead atoms. The minimum Gasteiger partial charge on any atom is -0.308 e. The van der Waals surface area contributed by atoms with Gasteiger partial charge in [0.2, 0.25) is 5.91 Å². The summed E-state index contributed by atoms with van der Waals surface area (Å²) in [6.45, 7) is 1.49. The van der Waals surface area contributed by atoms with Crippen molar-refractivity contribution in [2.75, 3.05) is 5.32 Å². The number of amides is 3. The fourth-order valence-corrected chi connectivity index (χ4v) is 1.58. The normalized spacial score (nSPS) is 11.9. The van der Waals surface area contributed by atoms with Gasteiger partial charge in [0.05, 0.1) is 5.52 Å². The van der Waals surface area contributed by atoms with Gasteiger partial charge in [0.15, 0.2) is 0 Å². The van der Waals surface area contributed by atoms with Crippen LogP contribution in [0.3, 0.4) is 0 Å². The van der Waals surface area contributed by atoms with Gasteiger partial charge < -0.3 is 5.32 Å². The third-order valence-electron chi connectivity index (χ3n) is 2.46. The molecule has 0 saturated carbocycles. The predicted octanol–water partition coefficient (Wildman–Crippen LogP) is 2.51. The summed E-state index contributed by atoms with van der Waals surface area (Å²) < 4.78 is 0. The van der Waals surface area contributed by atoms with Crippen molar-refractivity contribution < 1.29 is 9.59 Å². The van der Waals surface area contributed by atoms with Crippen LogP contribution in [-0.2, 0) is 4.79 Å². The molecule has 0 radical (unpaired) electrons. The van der Waals surface area contributed by atoms with Crippen LogP contribution in [0.15, 0.2) is 36.5 Å². The Hall–Kier alpha value is -2.14. The maximum Gasteiger partial charge on any atom is 0.325 e. The number of imide groups is 1. The van der Waals surface area contributed by atoms with Gasteiger partial charge >= 0.3 is 6.03 Å². The molecule has 0 aliphatic rings. The largest absolute Gasteiger partial charge is 0.325 e. The Morgan fingerprint density at radius 1 is 1.32 bits per heavy atom. The van der Waals surface area contributed by atoms with E-state index in [0.717, 1.165) is 10.9 Å². The lowest BCUT2D eigenvalue weighted by Crippen LogP contribution is -2.38. The van der Waals surface area contributed by atoms with E-state index in [9.17, 15) is 9.59 Å². The van der Waals surface area contributed by atoms with Crippen molar-refractivity contribution in [3.05, 3.63) is 36.5 Å². The van der Waals surface area contributed by atoms with Crippen molar-refractivity contribution in [2.24, 2.45) is 0 Å². The van der Waals surface area contributed by atoms with Crippen molar-refractivity contribution >= 4 is 40.1 Å². The molecule has 6 heteroatoms. The molecule has 2 N–H and O–H groups in total. The number of aromatic nitrogens is 1. The second-order valence-corrected chi connectivity index (χ2v) is 4.62. The fourth-order valence-electron chi connectivity index (χ4n) is 1.53. The highest BCUT2D eigenvalue weighted by atomic mass is 35.5. The summed E-state index contributed by atoms with van der Waals surface area (Å²) in [7, 11) is 0. The van der Waals surface area contributed by atoms with E-state index >= 15 is 0 Å². The molecule has 3 amide bonds. The molecule has 2 aromatic rings. The molecule has 5 nitrogen and oxygen atoms in total. The van der Waals surface area contributed by atoms with Gasteiger partial charge in [-0.25, -0.2) is 4.79 Å². The van der Waals surface area contributed by atoms with E-state index < -0.39 is 17.3 Å². The standard InChI is InChI=1S/C13H12ClN3O2/c1-8(14)12(18)17-13(19)16-10-4-5-11-9(7-10)3-2-6-15-11/h2-8H,1H3,(H2,16,17,18,19). The number of rotatable bonds is 2. The molecular formula is C13H12ClN3O2. The molecule has 0 aliphatic heterocycles. The van der Waals surface area contributed by atoms with Crippen LogP contribution in [0, 0.1) is 0 Å². The van der Waals surface area contributed by atoms with E-state index in [1.165, 1.54) is 6.92 Å². The minimum absolute atomic E-state index is 0.540. The van der Waals surface area contributed by atoms with E-state index in [-0.39, 0.29) is 0 Å².